The van der Waals surface area contributed by atoms with Gasteiger partial charge in [0, 0.05) is 38.1 Å². The van der Waals surface area contributed by atoms with Gasteiger partial charge in [-0.05, 0) is 24.3 Å². The van der Waals surface area contributed by atoms with Crippen molar-refractivity contribution in [2.45, 2.75) is 0 Å². The summed E-state index contributed by atoms with van der Waals surface area (Å²) in [5.41, 5.74) is 1.28. The highest BCUT2D eigenvalue weighted by Gasteiger charge is 2.20. The molecular formula is C17H18N6S. The van der Waals surface area contributed by atoms with Crippen LogP contribution in [0.15, 0.2) is 54.7 Å². The molecule has 1 N–H and O–H groups in total. The van der Waals surface area contributed by atoms with Crippen molar-refractivity contribution in [1.82, 2.24) is 15.2 Å². The van der Waals surface area contributed by atoms with Gasteiger partial charge < -0.3 is 15.1 Å². The van der Waals surface area contributed by atoms with Crippen LogP contribution in [0.1, 0.15) is 0 Å². The van der Waals surface area contributed by atoms with Crippen LogP contribution < -0.4 is 15.1 Å². The molecule has 24 heavy (non-hydrogen) atoms. The van der Waals surface area contributed by atoms with E-state index in [1.165, 1.54) is 5.69 Å². The van der Waals surface area contributed by atoms with Crippen molar-refractivity contribution in [3.05, 3.63) is 54.7 Å². The van der Waals surface area contributed by atoms with E-state index in [1.807, 2.05) is 18.2 Å². The first kappa shape index (κ1) is 14.9. The van der Waals surface area contributed by atoms with E-state index in [0.717, 1.165) is 42.3 Å². The maximum atomic E-state index is 4.32. The Bertz CT molecular complexity index is 768. The zero-order valence-electron chi connectivity index (χ0n) is 13.2. The van der Waals surface area contributed by atoms with Gasteiger partial charge >= 0.3 is 0 Å². The van der Waals surface area contributed by atoms with E-state index < -0.39 is 0 Å². The van der Waals surface area contributed by atoms with E-state index in [1.54, 1.807) is 17.5 Å². The summed E-state index contributed by atoms with van der Waals surface area (Å²) in [5.74, 6) is 0.786. The average Bonchev–Trinajstić information content (AvgIpc) is 3.12. The molecule has 7 heteroatoms. The van der Waals surface area contributed by atoms with Crippen LogP contribution >= 0.6 is 11.3 Å². The molecule has 0 radical (unpaired) electrons. The Morgan fingerprint density at radius 1 is 0.833 bits per heavy atom. The fraction of sp³-hybridized carbons (Fsp3) is 0.235. The summed E-state index contributed by atoms with van der Waals surface area (Å²) in [6.07, 6.45) is 1.76. The third-order valence-corrected chi connectivity index (χ3v) is 4.89. The second-order valence-corrected chi connectivity index (χ2v) is 6.50. The molecule has 0 amide bonds. The lowest BCUT2D eigenvalue weighted by atomic mass is 10.2. The number of anilines is 4. The van der Waals surface area contributed by atoms with Crippen molar-refractivity contribution < 1.29 is 0 Å². The van der Waals surface area contributed by atoms with Gasteiger partial charge in [0.25, 0.3) is 0 Å². The monoisotopic (exact) mass is 338 g/mol. The maximum Gasteiger partial charge on any atom is 0.212 e. The minimum absolute atomic E-state index is 0.772. The Kier molecular flexibility index (Phi) is 4.24. The summed E-state index contributed by atoms with van der Waals surface area (Å²) in [5, 5.41) is 13.5. The van der Waals surface area contributed by atoms with Gasteiger partial charge in [-0.25, -0.2) is 4.98 Å². The first-order chi connectivity index (χ1) is 11.9. The van der Waals surface area contributed by atoms with E-state index in [-0.39, 0.29) is 0 Å². The highest BCUT2D eigenvalue weighted by atomic mass is 32.1. The molecule has 1 fully saturated rings. The van der Waals surface area contributed by atoms with Gasteiger partial charge in [0.15, 0.2) is 0 Å². The number of para-hydroxylation sites is 1. The van der Waals surface area contributed by atoms with Gasteiger partial charge in [0.1, 0.15) is 5.82 Å². The summed E-state index contributed by atoms with van der Waals surface area (Å²) < 4.78 is 0. The van der Waals surface area contributed by atoms with Crippen molar-refractivity contribution in [2.24, 2.45) is 0 Å². The van der Waals surface area contributed by atoms with E-state index in [4.69, 9.17) is 0 Å². The first-order valence-corrected chi connectivity index (χ1v) is 8.77. The number of rotatable bonds is 4. The van der Waals surface area contributed by atoms with Crippen LogP contribution in [0.4, 0.5) is 21.8 Å². The third-order valence-electron chi connectivity index (χ3n) is 3.99. The molecule has 3 aromatic rings. The normalized spacial score (nSPS) is 14.7. The molecule has 4 rings (SSSR count). The predicted octanol–water partition coefficient (Wildman–Crippen LogP) is 3.00. The summed E-state index contributed by atoms with van der Waals surface area (Å²) in [6.45, 7) is 3.89. The lowest BCUT2D eigenvalue weighted by Crippen LogP contribution is -2.46. The van der Waals surface area contributed by atoms with Crippen molar-refractivity contribution in [3.63, 3.8) is 0 Å². The molecule has 3 heterocycles. The molecule has 122 valence electrons. The van der Waals surface area contributed by atoms with E-state index in [0.29, 0.717) is 0 Å². The minimum Gasteiger partial charge on any atom is -0.368 e. The van der Waals surface area contributed by atoms with Crippen molar-refractivity contribution in [3.8, 4) is 0 Å². The SMILES string of the molecule is c1ccc(N2CCN(c3nnc(Nc4ccccn4)s3)CC2)cc1. The maximum absolute atomic E-state index is 4.32. The number of benzene rings is 1. The summed E-state index contributed by atoms with van der Waals surface area (Å²) in [7, 11) is 0. The summed E-state index contributed by atoms with van der Waals surface area (Å²) in [4.78, 5) is 8.95. The van der Waals surface area contributed by atoms with Crippen molar-refractivity contribution in [1.29, 1.82) is 0 Å². The molecule has 0 bridgehead atoms. The topological polar surface area (TPSA) is 57.2 Å². The highest BCUT2D eigenvalue weighted by molar-refractivity contribution is 7.19. The molecule has 0 spiro atoms. The third kappa shape index (κ3) is 3.30. The number of nitrogens with zero attached hydrogens (tertiary/aromatic N) is 5. The molecule has 0 aliphatic carbocycles. The number of nitrogens with one attached hydrogen (secondary N) is 1. The number of piperazine rings is 1. The summed E-state index contributed by atoms with van der Waals surface area (Å²) >= 11 is 1.57. The zero-order valence-corrected chi connectivity index (χ0v) is 14.0. The highest BCUT2D eigenvalue weighted by Crippen LogP contribution is 2.27. The van der Waals surface area contributed by atoms with Gasteiger partial charge in [0.05, 0.1) is 0 Å². The van der Waals surface area contributed by atoms with Gasteiger partial charge in [0.2, 0.25) is 10.3 Å². The lowest BCUT2D eigenvalue weighted by Gasteiger charge is -2.35. The Balaban J connectivity index is 1.38. The zero-order chi connectivity index (χ0) is 16.2. The van der Waals surface area contributed by atoms with Crippen LogP contribution in [0, 0.1) is 0 Å². The Morgan fingerprint density at radius 2 is 1.58 bits per heavy atom. The fourth-order valence-corrected chi connectivity index (χ4v) is 3.54. The van der Waals surface area contributed by atoms with Gasteiger partial charge in [-0.15, -0.1) is 10.2 Å². The minimum atomic E-state index is 0.772. The number of hydrogen-bond acceptors (Lipinski definition) is 7. The quantitative estimate of drug-likeness (QED) is 0.789. The van der Waals surface area contributed by atoms with Crippen LogP contribution in [-0.4, -0.2) is 41.4 Å². The Morgan fingerprint density at radius 3 is 2.33 bits per heavy atom. The molecule has 1 aliphatic heterocycles. The largest absolute Gasteiger partial charge is 0.368 e. The standard InChI is InChI=1S/C17H18N6S/c1-2-6-14(7-3-1)22-10-12-23(13-11-22)17-21-20-16(24-17)19-15-8-4-5-9-18-15/h1-9H,10-13H2,(H,18,19,20). The van der Waals surface area contributed by atoms with Crippen molar-refractivity contribution in [2.75, 3.05) is 41.3 Å². The molecule has 0 saturated carbocycles. The van der Waals surface area contributed by atoms with E-state index in [2.05, 4.69) is 60.6 Å². The molecule has 6 nitrogen and oxygen atoms in total. The smallest absolute Gasteiger partial charge is 0.212 e. The van der Waals surface area contributed by atoms with Crippen LogP contribution in [0.3, 0.4) is 0 Å². The second-order valence-electron chi connectivity index (χ2n) is 5.54. The average molecular weight is 338 g/mol. The summed E-state index contributed by atoms with van der Waals surface area (Å²) in [6, 6.07) is 16.3. The molecule has 2 aromatic heterocycles. The number of aromatic nitrogens is 3. The molecule has 1 saturated heterocycles. The lowest BCUT2D eigenvalue weighted by molar-refractivity contribution is 0.650. The molecule has 0 atom stereocenters. The first-order valence-electron chi connectivity index (χ1n) is 7.95. The Hall–Kier alpha value is -2.67. The van der Waals surface area contributed by atoms with Crippen molar-refractivity contribution >= 4 is 33.1 Å². The second kappa shape index (κ2) is 6.84. The molecule has 1 aliphatic rings. The number of hydrogen-bond donors (Lipinski definition) is 1. The molecule has 1 aromatic carbocycles. The number of pyridine rings is 1. The van der Waals surface area contributed by atoms with E-state index >= 15 is 0 Å². The Labute approximate surface area is 144 Å². The predicted molar refractivity (Wildman–Crippen MR) is 98.3 cm³/mol. The molecule has 0 unspecified atom stereocenters. The van der Waals surface area contributed by atoms with Crippen LogP contribution in [-0.2, 0) is 0 Å². The van der Waals surface area contributed by atoms with Crippen LogP contribution in [0.2, 0.25) is 0 Å². The van der Waals surface area contributed by atoms with Crippen LogP contribution in [0.25, 0.3) is 0 Å². The van der Waals surface area contributed by atoms with Gasteiger partial charge in [-0.2, -0.15) is 0 Å². The van der Waals surface area contributed by atoms with Gasteiger partial charge in [-0.3, -0.25) is 0 Å². The molecular weight excluding hydrogens is 320 g/mol. The fourth-order valence-electron chi connectivity index (χ4n) is 2.73. The van der Waals surface area contributed by atoms with E-state index in [9.17, 15) is 0 Å². The van der Waals surface area contributed by atoms with Gasteiger partial charge in [-0.1, -0.05) is 35.6 Å². The van der Waals surface area contributed by atoms with Crippen LogP contribution in [0.5, 0.6) is 0 Å².